The van der Waals surface area contributed by atoms with Crippen LogP contribution in [0.2, 0.25) is 10.0 Å². The second-order valence-electron chi connectivity index (χ2n) is 3.88. The predicted molar refractivity (Wildman–Crippen MR) is 79.8 cm³/mol. The number of halogens is 3. The standard InChI is InChI=1S/C13H10BrCl2NO/c1-7-2-8(17)4-9(3-7)18-13-6-11(15)10(14)5-12(13)16/h2-6H,17H2,1H3. The summed E-state index contributed by atoms with van der Waals surface area (Å²) >= 11 is 15.4. The summed E-state index contributed by atoms with van der Waals surface area (Å²) in [4.78, 5) is 0. The van der Waals surface area contributed by atoms with Gasteiger partial charge in [0.2, 0.25) is 0 Å². The van der Waals surface area contributed by atoms with Crippen molar-refractivity contribution in [3.05, 3.63) is 50.4 Å². The molecular formula is C13H10BrCl2NO. The van der Waals surface area contributed by atoms with Gasteiger partial charge in [-0.2, -0.15) is 0 Å². The van der Waals surface area contributed by atoms with Crippen LogP contribution in [0.15, 0.2) is 34.8 Å². The topological polar surface area (TPSA) is 35.2 Å². The van der Waals surface area contributed by atoms with Crippen LogP contribution in [-0.2, 0) is 0 Å². The van der Waals surface area contributed by atoms with Crippen molar-refractivity contribution in [3.8, 4) is 11.5 Å². The van der Waals surface area contributed by atoms with Gasteiger partial charge in [0.05, 0.1) is 10.0 Å². The Hall–Kier alpha value is -0.900. The molecule has 0 atom stereocenters. The van der Waals surface area contributed by atoms with Crippen LogP contribution in [0.5, 0.6) is 11.5 Å². The van der Waals surface area contributed by atoms with Gasteiger partial charge in [-0.15, -0.1) is 0 Å². The van der Waals surface area contributed by atoms with Crippen LogP contribution >= 0.6 is 39.1 Å². The van der Waals surface area contributed by atoms with Gasteiger partial charge in [-0.05, 0) is 46.6 Å². The van der Waals surface area contributed by atoms with E-state index in [0.29, 0.717) is 27.2 Å². The molecule has 2 rings (SSSR count). The van der Waals surface area contributed by atoms with E-state index < -0.39 is 0 Å². The molecule has 0 saturated heterocycles. The number of anilines is 1. The maximum absolute atomic E-state index is 6.09. The zero-order chi connectivity index (χ0) is 13.3. The molecule has 0 saturated carbocycles. The highest BCUT2D eigenvalue weighted by atomic mass is 79.9. The van der Waals surface area contributed by atoms with Crippen molar-refractivity contribution in [2.75, 3.05) is 5.73 Å². The van der Waals surface area contributed by atoms with Crippen LogP contribution in [0.1, 0.15) is 5.56 Å². The molecule has 0 aromatic heterocycles. The Morgan fingerprint density at radius 1 is 1.06 bits per heavy atom. The zero-order valence-electron chi connectivity index (χ0n) is 9.51. The monoisotopic (exact) mass is 345 g/mol. The van der Waals surface area contributed by atoms with Crippen LogP contribution < -0.4 is 10.5 Å². The largest absolute Gasteiger partial charge is 0.456 e. The molecule has 2 aromatic rings. The van der Waals surface area contributed by atoms with Gasteiger partial charge in [0.1, 0.15) is 11.5 Å². The molecule has 0 aliphatic heterocycles. The van der Waals surface area contributed by atoms with E-state index in [2.05, 4.69) is 15.9 Å². The second kappa shape index (κ2) is 5.39. The minimum absolute atomic E-state index is 0.478. The highest BCUT2D eigenvalue weighted by Gasteiger charge is 2.08. The molecule has 0 aliphatic carbocycles. The van der Waals surface area contributed by atoms with Gasteiger partial charge >= 0.3 is 0 Å². The van der Waals surface area contributed by atoms with Gasteiger partial charge in [0.15, 0.2) is 0 Å². The number of rotatable bonds is 2. The van der Waals surface area contributed by atoms with Crippen molar-refractivity contribution in [2.24, 2.45) is 0 Å². The lowest BCUT2D eigenvalue weighted by Crippen LogP contribution is -1.90. The lowest BCUT2D eigenvalue weighted by atomic mass is 10.2. The Balaban J connectivity index is 2.36. The van der Waals surface area contributed by atoms with Crippen LogP contribution in [0.25, 0.3) is 0 Å². The maximum atomic E-state index is 6.09. The lowest BCUT2D eigenvalue weighted by Gasteiger charge is -2.10. The molecule has 0 spiro atoms. The van der Waals surface area contributed by atoms with E-state index in [0.717, 1.165) is 10.0 Å². The lowest BCUT2D eigenvalue weighted by molar-refractivity contribution is 0.483. The highest BCUT2D eigenvalue weighted by Crippen LogP contribution is 2.37. The van der Waals surface area contributed by atoms with E-state index in [1.165, 1.54) is 0 Å². The smallest absolute Gasteiger partial charge is 0.147 e. The van der Waals surface area contributed by atoms with Crippen LogP contribution in [0, 0.1) is 6.92 Å². The van der Waals surface area contributed by atoms with Crippen molar-refractivity contribution in [1.82, 2.24) is 0 Å². The molecule has 0 heterocycles. The predicted octanol–water partition coefficient (Wildman–Crippen LogP) is 5.44. The number of hydrogen-bond donors (Lipinski definition) is 1. The first-order valence-electron chi connectivity index (χ1n) is 5.15. The third kappa shape index (κ3) is 3.10. The van der Waals surface area contributed by atoms with Gasteiger partial charge in [-0.25, -0.2) is 0 Å². The average molecular weight is 347 g/mol. The fraction of sp³-hybridized carbons (Fsp3) is 0.0769. The summed E-state index contributed by atoms with van der Waals surface area (Å²) in [7, 11) is 0. The molecule has 94 valence electrons. The number of hydrogen-bond acceptors (Lipinski definition) is 2. The van der Waals surface area contributed by atoms with Gasteiger partial charge in [-0.3, -0.25) is 0 Å². The van der Waals surface area contributed by atoms with Gasteiger partial charge in [-0.1, -0.05) is 23.2 Å². The summed E-state index contributed by atoms with van der Waals surface area (Å²) in [6.45, 7) is 1.94. The van der Waals surface area contributed by atoms with Crippen molar-refractivity contribution in [3.63, 3.8) is 0 Å². The number of nitrogens with two attached hydrogens (primary N) is 1. The summed E-state index contributed by atoms with van der Waals surface area (Å²) in [5.41, 5.74) is 7.42. The summed E-state index contributed by atoms with van der Waals surface area (Å²) < 4.78 is 6.42. The molecule has 2 N–H and O–H groups in total. The Kier molecular flexibility index (Phi) is 4.05. The van der Waals surface area contributed by atoms with Crippen LogP contribution in [0.3, 0.4) is 0 Å². The fourth-order valence-corrected chi connectivity index (χ4v) is 2.38. The Bertz CT molecular complexity index is 582. The number of nitrogen functional groups attached to an aromatic ring is 1. The zero-order valence-corrected chi connectivity index (χ0v) is 12.6. The molecule has 2 aromatic carbocycles. The quantitative estimate of drug-likeness (QED) is 0.580. The summed E-state index contributed by atoms with van der Waals surface area (Å²) in [6, 6.07) is 8.83. The van der Waals surface area contributed by atoms with E-state index in [4.69, 9.17) is 33.7 Å². The van der Waals surface area contributed by atoms with E-state index in [-0.39, 0.29) is 0 Å². The van der Waals surface area contributed by atoms with Crippen molar-refractivity contribution in [1.29, 1.82) is 0 Å². The highest BCUT2D eigenvalue weighted by molar-refractivity contribution is 9.10. The number of aryl methyl sites for hydroxylation is 1. The van der Waals surface area contributed by atoms with Crippen LogP contribution in [0.4, 0.5) is 5.69 Å². The van der Waals surface area contributed by atoms with Gasteiger partial charge in [0.25, 0.3) is 0 Å². The summed E-state index contributed by atoms with van der Waals surface area (Å²) in [6.07, 6.45) is 0. The molecule has 0 amide bonds. The van der Waals surface area contributed by atoms with E-state index in [9.17, 15) is 0 Å². The number of ether oxygens (including phenoxy) is 1. The molecule has 2 nitrogen and oxygen atoms in total. The molecule has 18 heavy (non-hydrogen) atoms. The molecular weight excluding hydrogens is 337 g/mol. The molecule has 0 radical (unpaired) electrons. The SMILES string of the molecule is Cc1cc(N)cc(Oc2cc(Cl)c(Br)cc2Cl)c1. The first-order valence-corrected chi connectivity index (χ1v) is 6.70. The summed E-state index contributed by atoms with van der Waals surface area (Å²) in [5, 5.41) is 1.02. The van der Waals surface area contributed by atoms with Crippen molar-refractivity contribution < 1.29 is 4.74 Å². The maximum Gasteiger partial charge on any atom is 0.147 e. The normalized spacial score (nSPS) is 10.4. The van der Waals surface area contributed by atoms with Crippen molar-refractivity contribution >= 4 is 44.8 Å². The Morgan fingerprint density at radius 2 is 1.78 bits per heavy atom. The molecule has 0 fully saturated rings. The number of benzene rings is 2. The van der Waals surface area contributed by atoms with Gasteiger partial charge < -0.3 is 10.5 Å². The van der Waals surface area contributed by atoms with Gasteiger partial charge in [0, 0.05) is 22.3 Å². The second-order valence-corrected chi connectivity index (χ2v) is 5.55. The molecule has 5 heteroatoms. The van der Waals surface area contributed by atoms with E-state index >= 15 is 0 Å². The average Bonchev–Trinajstić information content (AvgIpc) is 2.24. The first kappa shape index (κ1) is 13.5. The third-order valence-corrected chi connectivity index (χ3v) is 3.77. The molecule has 0 bridgehead atoms. The fourth-order valence-electron chi connectivity index (χ4n) is 1.54. The third-order valence-electron chi connectivity index (χ3n) is 2.28. The molecule has 0 aliphatic rings. The summed E-state index contributed by atoms with van der Waals surface area (Å²) in [5.74, 6) is 1.13. The first-order chi connectivity index (χ1) is 8.45. The Morgan fingerprint density at radius 3 is 2.44 bits per heavy atom. The minimum atomic E-state index is 0.478. The minimum Gasteiger partial charge on any atom is -0.456 e. The molecule has 0 unspecified atom stereocenters. The van der Waals surface area contributed by atoms with E-state index in [1.54, 1.807) is 18.2 Å². The van der Waals surface area contributed by atoms with Crippen LogP contribution in [-0.4, -0.2) is 0 Å². The Labute approximate surface area is 124 Å². The van der Waals surface area contributed by atoms with E-state index in [1.807, 2.05) is 19.1 Å². The van der Waals surface area contributed by atoms with Crippen molar-refractivity contribution in [2.45, 2.75) is 6.92 Å².